The van der Waals surface area contributed by atoms with Gasteiger partial charge in [-0.05, 0) is 38.0 Å². The maximum Gasteiger partial charge on any atom is 0.280 e. The van der Waals surface area contributed by atoms with E-state index in [4.69, 9.17) is 0 Å². The van der Waals surface area contributed by atoms with Crippen molar-refractivity contribution in [2.75, 3.05) is 4.72 Å². The summed E-state index contributed by atoms with van der Waals surface area (Å²) in [6.45, 7) is 6.54. The number of hydrogen-bond acceptors (Lipinski definition) is 3. The van der Waals surface area contributed by atoms with Crippen molar-refractivity contribution in [3.05, 3.63) is 40.3 Å². The maximum atomic E-state index is 12.4. The van der Waals surface area contributed by atoms with Crippen molar-refractivity contribution < 1.29 is 8.42 Å². The molecule has 1 aromatic heterocycles. The number of rotatable bonds is 5. The molecule has 1 aromatic carbocycles. The van der Waals surface area contributed by atoms with Crippen LogP contribution in [0.1, 0.15) is 24.7 Å². The van der Waals surface area contributed by atoms with Crippen molar-refractivity contribution in [1.29, 1.82) is 0 Å². The number of sulfonamides is 1. The summed E-state index contributed by atoms with van der Waals surface area (Å²) in [6.07, 6.45) is 2.50. The summed E-state index contributed by atoms with van der Waals surface area (Å²) in [4.78, 5) is 4.14. The average molecular weight is 372 g/mol. The molecule has 0 bridgehead atoms. The lowest BCUT2D eigenvalue weighted by Crippen LogP contribution is -2.13. The predicted octanol–water partition coefficient (Wildman–Crippen LogP) is 3.47. The van der Waals surface area contributed by atoms with E-state index in [-0.39, 0.29) is 5.03 Å². The van der Waals surface area contributed by atoms with Gasteiger partial charge >= 0.3 is 0 Å². The Morgan fingerprint density at radius 2 is 2.05 bits per heavy atom. The molecule has 1 N–H and O–H groups in total. The molecule has 21 heavy (non-hydrogen) atoms. The zero-order valence-corrected chi connectivity index (χ0v) is 14.6. The van der Waals surface area contributed by atoms with Crippen molar-refractivity contribution in [3.8, 4) is 0 Å². The number of nitrogens with one attached hydrogen (secondary N) is 1. The van der Waals surface area contributed by atoms with Crippen LogP contribution in [0.25, 0.3) is 0 Å². The number of benzene rings is 1. The van der Waals surface area contributed by atoms with Crippen molar-refractivity contribution in [3.63, 3.8) is 0 Å². The van der Waals surface area contributed by atoms with E-state index >= 15 is 0 Å². The molecule has 0 fully saturated rings. The van der Waals surface area contributed by atoms with Crippen molar-refractivity contribution in [2.24, 2.45) is 0 Å². The van der Waals surface area contributed by atoms with E-state index in [1.165, 1.54) is 0 Å². The summed E-state index contributed by atoms with van der Waals surface area (Å²) in [6, 6.07) is 5.32. The zero-order chi connectivity index (χ0) is 15.6. The minimum absolute atomic E-state index is 0.0464. The van der Waals surface area contributed by atoms with Gasteiger partial charge in [-0.3, -0.25) is 4.72 Å². The van der Waals surface area contributed by atoms with Crippen LogP contribution in [0.2, 0.25) is 0 Å². The van der Waals surface area contributed by atoms with Crippen LogP contribution in [-0.2, 0) is 16.6 Å². The van der Waals surface area contributed by atoms with Crippen LogP contribution in [-0.4, -0.2) is 18.0 Å². The Balaban J connectivity index is 2.29. The fraction of sp³-hybridized carbons (Fsp3) is 0.357. The minimum Gasteiger partial charge on any atom is -0.334 e. The number of anilines is 1. The van der Waals surface area contributed by atoms with Crippen LogP contribution < -0.4 is 4.72 Å². The first-order valence-corrected chi connectivity index (χ1v) is 8.94. The summed E-state index contributed by atoms with van der Waals surface area (Å²) in [7, 11) is -3.67. The molecule has 0 aliphatic carbocycles. The lowest BCUT2D eigenvalue weighted by atomic mass is 10.2. The van der Waals surface area contributed by atoms with Crippen LogP contribution in [0.5, 0.6) is 0 Å². The van der Waals surface area contributed by atoms with Gasteiger partial charge in [0, 0.05) is 17.2 Å². The third kappa shape index (κ3) is 3.65. The van der Waals surface area contributed by atoms with Crippen LogP contribution >= 0.6 is 15.9 Å². The molecule has 0 unspecified atom stereocenters. The molecule has 1 heterocycles. The zero-order valence-electron chi connectivity index (χ0n) is 12.2. The van der Waals surface area contributed by atoms with Crippen molar-refractivity contribution >= 4 is 31.6 Å². The third-order valence-corrected chi connectivity index (χ3v) is 5.22. The minimum atomic E-state index is -3.67. The summed E-state index contributed by atoms with van der Waals surface area (Å²) in [5, 5.41) is 0.0464. The van der Waals surface area contributed by atoms with Gasteiger partial charge in [0.1, 0.15) is 5.82 Å². The topological polar surface area (TPSA) is 64.0 Å². The van der Waals surface area contributed by atoms with Crippen LogP contribution in [0.4, 0.5) is 5.69 Å². The van der Waals surface area contributed by atoms with Gasteiger partial charge in [0.2, 0.25) is 0 Å². The molecule has 5 nitrogen and oxygen atoms in total. The number of aryl methyl sites for hydroxylation is 3. The van der Waals surface area contributed by atoms with Gasteiger partial charge in [-0.25, -0.2) is 4.98 Å². The summed E-state index contributed by atoms with van der Waals surface area (Å²) in [5.74, 6) is 0.697. The summed E-state index contributed by atoms with van der Waals surface area (Å²) in [5.41, 5.74) is 1.55. The molecule has 0 saturated heterocycles. The molecule has 7 heteroatoms. The Kier molecular flexibility index (Phi) is 4.73. The predicted molar refractivity (Wildman–Crippen MR) is 86.9 cm³/mol. The van der Waals surface area contributed by atoms with Gasteiger partial charge in [-0.2, -0.15) is 8.42 Å². The Morgan fingerprint density at radius 3 is 2.67 bits per heavy atom. The lowest BCUT2D eigenvalue weighted by molar-refractivity contribution is 0.597. The second-order valence-electron chi connectivity index (χ2n) is 4.89. The molecule has 0 radical (unpaired) electrons. The van der Waals surface area contributed by atoms with E-state index in [0.29, 0.717) is 11.5 Å². The third-order valence-electron chi connectivity index (χ3n) is 3.12. The number of hydrogen-bond donors (Lipinski definition) is 1. The van der Waals surface area contributed by atoms with Crippen LogP contribution in [0.15, 0.2) is 33.9 Å². The molecular formula is C14H18BrN3O2S. The summed E-state index contributed by atoms with van der Waals surface area (Å²) >= 11 is 3.39. The molecule has 0 aliphatic heterocycles. The first kappa shape index (κ1) is 16.0. The van der Waals surface area contributed by atoms with Crippen molar-refractivity contribution in [1.82, 2.24) is 9.55 Å². The summed E-state index contributed by atoms with van der Waals surface area (Å²) < 4.78 is 30.0. The molecule has 2 rings (SSSR count). The molecule has 0 saturated carbocycles. The fourth-order valence-electron chi connectivity index (χ4n) is 1.94. The SMILES string of the molecule is CCCn1cc(S(=O)(=O)Nc2ccc(C)c(Br)c2)nc1C. The molecule has 2 aromatic rings. The van der Waals surface area contributed by atoms with Gasteiger partial charge in [0.05, 0.1) is 5.69 Å². The molecular weight excluding hydrogens is 354 g/mol. The highest BCUT2D eigenvalue weighted by molar-refractivity contribution is 9.10. The van der Waals surface area contributed by atoms with Gasteiger partial charge in [-0.1, -0.05) is 28.9 Å². The Bertz CT molecular complexity index is 754. The highest BCUT2D eigenvalue weighted by Gasteiger charge is 2.19. The van der Waals surface area contributed by atoms with Crippen molar-refractivity contribution in [2.45, 2.75) is 38.8 Å². The lowest BCUT2D eigenvalue weighted by Gasteiger charge is -2.07. The fourth-order valence-corrected chi connectivity index (χ4v) is 3.38. The monoisotopic (exact) mass is 371 g/mol. The number of nitrogens with zero attached hydrogens (tertiary/aromatic N) is 2. The van der Waals surface area contributed by atoms with E-state index < -0.39 is 10.0 Å². The molecule has 0 amide bonds. The Morgan fingerprint density at radius 1 is 1.33 bits per heavy atom. The standard InChI is InChI=1S/C14H18BrN3O2S/c1-4-7-18-9-14(16-11(18)3)21(19,20)17-12-6-5-10(2)13(15)8-12/h5-6,8-9,17H,4,7H2,1-3H3. The first-order valence-electron chi connectivity index (χ1n) is 6.66. The quantitative estimate of drug-likeness (QED) is 0.874. The Hall–Kier alpha value is -1.34. The maximum absolute atomic E-state index is 12.4. The second kappa shape index (κ2) is 6.19. The second-order valence-corrected chi connectivity index (χ2v) is 7.37. The van der Waals surface area contributed by atoms with Gasteiger partial charge in [-0.15, -0.1) is 0 Å². The van der Waals surface area contributed by atoms with Crippen LogP contribution in [0.3, 0.4) is 0 Å². The largest absolute Gasteiger partial charge is 0.334 e. The number of aromatic nitrogens is 2. The normalized spacial score (nSPS) is 11.6. The molecule has 0 spiro atoms. The van der Waals surface area contributed by atoms with E-state index in [1.54, 1.807) is 25.3 Å². The van der Waals surface area contributed by atoms with Gasteiger partial charge < -0.3 is 4.57 Å². The highest BCUT2D eigenvalue weighted by Crippen LogP contribution is 2.23. The molecule has 0 atom stereocenters. The van der Waals surface area contributed by atoms with E-state index in [2.05, 4.69) is 25.6 Å². The van der Waals surface area contributed by atoms with Gasteiger partial charge in [0.15, 0.2) is 5.03 Å². The van der Waals surface area contributed by atoms with Gasteiger partial charge in [0.25, 0.3) is 10.0 Å². The Labute approximate surface area is 133 Å². The van der Waals surface area contributed by atoms with E-state index in [0.717, 1.165) is 23.0 Å². The highest BCUT2D eigenvalue weighted by atomic mass is 79.9. The van der Waals surface area contributed by atoms with Crippen LogP contribution in [0, 0.1) is 13.8 Å². The first-order chi connectivity index (χ1) is 9.83. The number of halogens is 1. The van der Waals surface area contributed by atoms with E-state index in [9.17, 15) is 8.42 Å². The molecule has 0 aliphatic rings. The smallest absolute Gasteiger partial charge is 0.280 e. The molecule has 114 valence electrons. The van der Waals surface area contributed by atoms with E-state index in [1.807, 2.05) is 24.5 Å². The number of imidazole rings is 1. The average Bonchev–Trinajstić information content (AvgIpc) is 2.77.